The predicted octanol–water partition coefficient (Wildman–Crippen LogP) is 1.94. The Morgan fingerprint density at radius 1 is 1.25 bits per heavy atom. The largest absolute Gasteiger partial charge is 0.489 e. The molecule has 0 spiro atoms. The van der Waals surface area contributed by atoms with Crippen molar-refractivity contribution in [3.8, 4) is 5.75 Å². The van der Waals surface area contributed by atoms with E-state index >= 15 is 0 Å². The zero-order valence-corrected chi connectivity index (χ0v) is 16.6. The number of nitrogens with zero attached hydrogens (tertiary/aromatic N) is 2. The molecule has 8 nitrogen and oxygen atoms in total. The smallest absolute Gasteiger partial charge is 0.261 e. The van der Waals surface area contributed by atoms with Crippen LogP contribution in [0.1, 0.15) is 29.8 Å². The van der Waals surface area contributed by atoms with Crippen LogP contribution < -0.4 is 10.2 Å². The van der Waals surface area contributed by atoms with Crippen molar-refractivity contribution in [1.82, 2.24) is 14.8 Å². The van der Waals surface area contributed by atoms with Crippen LogP contribution in [0.15, 0.2) is 41.3 Å². The Bertz CT molecular complexity index is 940. The summed E-state index contributed by atoms with van der Waals surface area (Å²) in [5.41, 5.74) is 4.34. The summed E-state index contributed by atoms with van der Waals surface area (Å²) in [5, 5.41) is 8.83. The van der Waals surface area contributed by atoms with Gasteiger partial charge in [0, 0.05) is 17.9 Å². The predicted molar refractivity (Wildman–Crippen MR) is 101 cm³/mol. The molecule has 1 aromatic heterocycles. The van der Waals surface area contributed by atoms with E-state index in [2.05, 4.69) is 4.98 Å². The average Bonchev–Trinajstić information content (AvgIpc) is 3.16. The Labute approximate surface area is 164 Å². The Hall–Kier alpha value is -2.49. The molecule has 0 bridgehead atoms. The quantitative estimate of drug-likeness (QED) is 0.562. The summed E-state index contributed by atoms with van der Waals surface area (Å²) in [6, 6.07) is 9.07. The Kier molecular flexibility index (Phi) is 5.97. The van der Waals surface area contributed by atoms with E-state index in [1.807, 2.05) is 26.0 Å². The molecule has 0 radical (unpaired) electrons. The van der Waals surface area contributed by atoms with Crippen LogP contribution in [0.3, 0.4) is 0 Å². The van der Waals surface area contributed by atoms with Crippen molar-refractivity contribution in [3.05, 3.63) is 53.3 Å². The first-order valence-corrected chi connectivity index (χ1v) is 10.4. The van der Waals surface area contributed by atoms with Gasteiger partial charge in [0.25, 0.3) is 5.91 Å². The molecule has 2 N–H and O–H groups in total. The molecule has 2 heterocycles. The third kappa shape index (κ3) is 4.32. The first kappa shape index (κ1) is 20.2. The Balaban J connectivity index is 1.72. The number of hydrogen-bond acceptors (Lipinski definition) is 6. The molecule has 3 rings (SSSR count). The number of benzene rings is 1. The number of aryl methyl sites for hydroxylation is 2. The summed E-state index contributed by atoms with van der Waals surface area (Å²) in [7, 11) is -3.84. The van der Waals surface area contributed by atoms with Crippen LogP contribution in [0, 0.1) is 13.8 Å². The van der Waals surface area contributed by atoms with E-state index in [0.29, 0.717) is 25.2 Å². The van der Waals surface area contributed by atoms with Gasteiger partial charge in [0.2, 0.25) is 10.0 Å². The normalized spacial score (nSPS) is 17.5. The van der Waals surface area contributed by atoms with Gasteiger partial charge in [0.1, 0.15) is 18.4 Å². The molecule has 2 aromatic rings. The lowest BCUT2D eigenvalue weighted by Gasteiger charge is -2.22. The summed E-state index contributed by atoms with van der Waals surface area (Å²) in [6.45, 7) is 4.41. The standard InChI is InChI=1S/C19H23N3O5S/c1-13-10-15(11-14(2)20-13)12-27-16-5-7-17(8-6-16)28(25,26)22-9-3-4-18(22)19(23)21-24/h5-8,10-11,18,24H,3-4,9,12H2,1-2H3,(H,21,23). The molecular weight excluding hydrogens is 382 g/mol. The second-order valence-corrected chi connectivity index (χ2v) is 8.66. The molecule has 1 amide bonds. The number of carbonyl (C=O) groups excluding carboxylic acids is 1. The van der Waals surface area contributed by atoms with E-state index in [1.54, 1.807) is 17.6 Å². The van der Waals surface area contributed by atoms with E-state index < -0.39 is 22.0 Å². The van der Waals surface area contributed by atoms with E-state index in [1.165, 1.54) is 12.1 Å². The van der Waals surface area contributed by atoms with Gasteiger partial charge in [-0.2, -0.15) is 4.31 Å². The molecule has 1 aliphatic heterocycles. The highest BCUT2D eigenvalue weighted by atomic mass is 32.2. The maximum atomic E-state index is 12.8. The molecule has 1 saturated heterocycles. The van der Waals surface area contributed by atoms with Gasteiger partial charge in [-0.25, -0.2) is 13.9 Å². The third-order valence-electron chi connectivity index (χ3n) is 4.59. The molecule has 28 heavy (non-hydrogen) atoms. The van der Waals surface area contributed by atoms with Crippen LogP contribution >= 0.6 is 0 Å². The number of pyridine rings is 1. The molecule has 1 fully saturated rings. The lowest BCUT2D eigenvalue weighted by Crippen LogP contribution is -2.44. The van der Waals surface area contributed by atoms with E-state index in [0.717, 1.165) is 21.3 Å². The van der Waals surface area contributed by atoms with Crippen LogP contribution in [0.4, 0.5) is 0 Å². The molecule has 1 aromatic carbocycles. The summed E-state index contributed by atoms with van der Waals surface area (Å²) in [6.07, 6.45) is 0.931. The van der Waals surface area contributed by atoms with Crippen LogP contribution in [0.2, 0.25) is 0 Å². The third-order valence-corrected chi connectivity index (χ3v) is 6.52. The second kappa shape index (κ2) is 8.26. The number of aromatic nitrogens is 1. The minimum Gasteiger partial charge on any atom is -0.489 e. The maximum absolute atomic E-state index is 12.8. The molecule has 9 heteroatoms. The number of carbonyl (C=O) groups is 1. The molecule has 1 aliphatic rings. The van der Waals surface area contributed by atoms with Crippen molar-refractivity contribution < 1.29 is 23.2 Å². The second-order valence-electron chi connectivity index (χ2n) is 6.77. The summed E-state index contributed by atoms with van der Waals surface area (Å²) in [4.78, 5) is 16.1. The van der Waals surface area contributed by atoms with Crippen molar-refractivity contribution in [2.45, 2.75) is 44.2 Å². The van der Waals surface area contributed by atoms with Gasteiger partial charge in [0.15, 0.2) is 0 Å². The molecule has 1 atom stereocenters. The average molecular weight is 405 g/mol. The first-order valence-electron chi connectivity index (χ1n) is 8.94. The molecular formula is C19H23N3O5S. The zero-order chi connectivity index (χ0) is 20.3. The zero-order valence-electron chi connectivity index (χ0n) is 15.8. The Morgan fingerprint density at radius 3 is 2.50 bits per heavy atom. The van der Waals surface area contributed by atoms with Crippen molar-refractivity contribution in [1.29, 1.82) is 0 Å². The highest BCUT2D eigenvalue weighted by Crippen LogP contribution is 2.27. The minimum atomic E-state index is -3.84. The van der Waals surface area contributed by atoms with Gasteiger partial charge in [-0.3, -0.25) is 15.0 Å². The molecule has 1 unspecified atom stereocenters. The molecule has 0 saturated carbocycles. The summed E-state index contributed by atoms with van der Waals surface area (Å²) >= 11 is 0. The van der Waals surface area contributed by atoms with Gasteiger partial charge in [-0.05, 0) is 68.7 Å². The summed E-state index contributed by atoms with van der Waals surface area (Å²) in [5.74, 6) is -0.180. The van der Waals surface area contributed by atoms with Crippen LogP contribution in [0.5, 0.6) is 5.75 Å². The van der Waals surface area contributed by atoms with Crippen molar-refractivity contribution >= 4 is 15.9 Å². The number of rotatable bonds is 6. The Morgan fingerprint density at radius 2 is 1.89 bits per heavy atom. The van der Waals surface area contributed by atoms with Gasteiger partial charge in [0.05, 0.1) is 4.90 Å². The number of amides is 1. The van der Waals surface area contributed by atoms with Gasteiger partial charge >= 0.3 is 0 Å². The van der Waals surface area contributed by atoms with Crippen LogP contribution in [0.25, 0.3) is 0 Å². The van der Waals surface area contributed by atoms with Crippen LogP contribution in [-0.4, -0.2) is 41.4 Å². The fourth-order valence-electron chi connectivity index (χ4n) is 3.38. The highest BCUT2D eigenvalue weighted by Gasteiger charge is 2.39. The van der Waals surface area contributed by atoms with Crippen molar-refractivity contribution in [3.63, 3.8) is 0 Å². The number of sulfonamides is 1. The highest BCUT2D eigenvalue weighted by molar-refractivity contribution is 7.89. The van der Waals surface area contributed by atoms with Crippen molar-refractivity contribution in [2.75, 3.05) is 6.54 Å². The molecule has 150 valence electrons. The van der Waals surface area contributed by atoms with E-state index in [4.69, 9.17) is 9.94 Å². The van der Waals surface area contributed by atoms with Gasteiger partial charge < -0.3 is 4.74 Å². The van der Waals surface area contributed by atoms with E-state index in [9.17, 15) is 13.2 Å². The minimum absolute atomic E-state index is 0.0769. The van der Waals surface area contributed by atoms with Crippen molar-refractivity contribution in [2.24, 2.45) is 0 Å². The fraction of sp³-hybridized carbons (Fsp3) is 0.368. The lowest BCUT2D eigenvalue weighted by molar-refractivity contribution is -0.132. The SMILES string of the molecule is Cc1cc(COc2ccc(S(=O)(=O)N3CCCC3C(=O)NO)cc2)cc(C)n1. The van der Waals surface area contributed by atoms with Gasteiger partial charge in [-0.15, -0.1) is 0 Å². The first-order chi connectivity index (χ1) is 13.3. The summed E-state index contributed by atoms with van der Waals surface area (Å²) < 4.78 is 32.6. The molecule has 0 aliphatic carbocycles. The number of hydrogen-bond donors (Lipinski definition) is 2. The van der Waals surface area contributed by atoms with Crippen LogP contribution in [-0.2, 0) is 21.4 Å². The topological polar surface area (TPSA) is 109 Å². The number of hydroxylamine groups is 1. The van der Waals surface area contributed by atoms with E-state index in [-0.39, 0.29) is 11.4 Å². The number of ether oxygens (including phenoxy) is 1. The lowest BCUT2D eigenvalue weighted by atomic mass is 10.2. The monoisotopic (exact) mass is 405 g/mol. The van der Waals surface area contributed by atoms with Gasteiger partial charge in [-0.1, -0.05) is 0 Å². The fourth-order valence-corrected chi connectivity index (χ4v) is 5.04. The maximum Gasteiger partial charge on any atom is 0.261 e. The number of nitrogens with one attached hydrogen (secondary N) is 1.